The highest BCUT2D eigenvalue weighted by atomic mass is 16.4. The second kappa shape index (κ2) is 9.72. The molecule has 192 valence electrons. The number of hydrogen-bond donors (Lipinski definition) is 3. The molecular formula is C28H31N5O4. The molecule has 0 bridgehead atoms. The molecule has 5 rings (SSSR count). The van der Waals surface area contributed by atoms with E-state index in [-0.39, 0.29) is 23.6 Å². The smallest absolute Gasteiger partial charge is 0.407 e. The standard InChI is InChI=1S/C28H31N5O4/c1-15(2)24-21-13-18(5-6-22(21)31-25(24)19-11-16(3)29-17(4)12-19)27-32-23(14-37-27)26(34)30-20-7-9-33(10-8-20)28(35)36/h5-6,11-15,20,31H,7-10H2,1-4H3,(H,30,34)(H,35,36). The van der Waals surface area contributed by atoms with Crippen LogP contribution in [0.15, 0.2) is 41.0 Å². The highest BCUT2D eigenvalue weighted by Crippen LogP contribution is 2.37. The van der Waals surface area contributed by atoms with Gasteiger partial charge in [0, 0.05) is 52.5 Å². The first-order valence-corrected chi connectivity index (χ1v) is 12.6. The predicted molar refractivity (Wildman–Crippen MR) is 141 cm³/mol. The van der Waals surface area contributed by atoms with Gasteiger partial charge in [-0.1, -0.05) is 13.8 Å². The van der Waals surface area contributed by atoms with Crippen LogP contribution in [0.3, 0.4) is 0 Å². The lowest BCUT2D eigenvalue weighted by atomic mass is 9.95. The van der Waals surface area contributed by atoms with Crippen LogP contribution in [-0.4, -0.2) is 56.1 Å². The van der Waals surface area contributed by atoms with E-state index in [2.05, 4.69) is 52.3 Å². The second-order valence-corrected chi connectivity index (χ2v) is 10.0. The van der Waals surface area contributed by atoms with Gasteiger partial charge in [0.1, 0.15) is 6.26 Å². The van der Waals surface area contributed by atoms with Gasteiger partial charge >= 0.3 is 6.09 Å². The zero-order chi connectivity index (χ0) is 26.3. The van der Waals surface area contributed by atoms with Crippen LogP contribution < -0.4 is 5.32 Å². The number of rotatable bonds is 5. The summed E-state index contributed by atoms with van der Waals surface area (Å²) in [5.41, 5.74) is 7.36. The number of aromatic amines is 1. The molecule has 3 aromatic heterocycles. The minimum Gasteiger partial charge on any atom is -0.465 e. The largest absolute Gasteiger partial charge is 0.465 e. The van der Waals surface area contributed by atoms with E-state index >= 15 is 0 Å². The molecule has 1 aromatic carbocycles. The molecule has 1 fully saturated rings. The number of carbonyl (C=O) groups is 2. The van der Waals surface area contributed by atoms with Crippen LogP contribution in [-0.2, 0) is 0 Å². The molecule has 1 aliphatic heterocycles. The monoisotopic (exact) mass is 501 g/mol. The van der Waals surface area contributed by atoms with E-state index in [4.69, 9.17) is 9.52 Å². The lowest BCUT2D eigenvalue weighted by Gasteiger charge is -2.30. The number of aryl methyl sites for hydroxylation is 2. The average molecular weight is 502 g/mol. The summed E-state index contributed by atoms with van der Waals surface area (Å²) in [7, 11) is 0. The number of carboxylic acid groups (broad SMARTS) is 1. The van der Waals surface area contributed by atoms with Gasteiger partial charge in [-0.3, -0.25) is 9.78 Å². The van der Waals surface area contributed by atoms with E-state index in [0.29, 0.717) is 31.8 Å². The molecule has 4 aromatic rings. The Morgan fingerprint density at radius 2 is 1.78 bits per heavy atom. The lowest BCUT2D eigenvalue weighted by Crippen LogP contribution is -2.46. The summed E-state index contributed by atoms with van der Waals surface area (Å²) >= 11 is 0. The summed E-state index contributed by atoms with van der Waals surface area (Å²) in [6, 6.07) is 10.1. The van der Waals surface area contributed by atoms with Crippen LogP contribution >= 0.6 is 0 Å². The molecule has 0 radical (unpaired) electrons. The Kier molecular flexibility index (Phi) is 6.45. The molecular weight excluding hydrogens is 470 g/mol. The van der Waals surface area contributed by atoms with Crippen molar-refractivity contribution in [1.82, 2.24) is 25.2 Å². The molecule has 0 unspecified atom stereocenters. The summed E-state index contributed by atoms with van der Waals surface area (Å²) in [5.74, 6) is 0.326. The first-order chi connectivity index (χ1) is 17.7. The molecule has 1 aliphatic rings. The van der Waals surface area contributed by atoms with Gasteiger partial charge in [-0.25, -0.2) is 9.78 Å². The minimum atomic E-state index is -0.927. The lowest BCUT2D eigenvalue weighted by molar-refractivity contribution is 0.0902. The Bertz CT molecular complexity index is 1460. The fourth-order valence-electron chi connectivity index (χ4n) is 5.14. The van der Waals surface area contributed by atoms with Gasteiger partial charge in [0.2, 0.25) is 5.89 Å². The first kappa shape index (κ1) is 24.5. The van der Waals surface area contributed by atoms with Crippen molar-refractivity contribution in [2.75, 3.05) is 13.1 Å². The fourth-order valence-corrected chi connectivity index (χ4v) is 5.14. The third-order valence-corrected chi connectivity index (χ3v) is 6.87. The fraction of sp³-hybridized carbons (Fsp3) is 0.357. The van der Waals surface area contributed by atoms with Crippen molar-refractivity contribution in [2.45, 2.75) is 52.5 Å². The Morgan fingerprint density at radius 1 is 1.08 bits per heavy atom. The van der Waals surface area contributed by atoms with Gasteiger partial charge in [-0.2, -0.15) is 0 Å². The van der Waals surface area contributed by atoms with Gasteiger partial charge < -0.3 is 24.7 Å². The molecule has 0 spiro atoms. The Morgan fingerprint density at radius 3 is 2.43 bits per heavy atom. The number of likely N-dealkylation sites (tertiary alicyclic amines) is 1. The van der Waals surface area contributed by atoms with E-state index in [1.807, 2.05) is 26.0 Å². The SMILES string of the molecule is Cc1cc(-c2[nH]c3ccc(-c4nc(C(=O)NC5CCN(C(=O)O)CC5)co4)cc3c2C(C)C)cc(C)n1. The summed E-state index contributed by atoms with van der Waals surface area (Å²) in [4.78, 5) is 37.8. The number of fused-ring (bicyclic) bond motifs is 1. The second-order valence-electron chi connectivity index (χ2n) is 10.0. The van der Waals surface area contributed by atoms with Crippen molar-refractivity contribution in [1.29, 1.82) is 0 Å². The zero-order valence-electron chi connectivity index (χ0n) is 21.5. The van der Waals surface area contributed by atoms with Crippen molar-refractivity contribution in [2.24, 2.45) is 0 Å². The van der Waals surface area contributed by atoms with E-state index in [9.17, 15) is 9.59 Å². The Balaban J connectivity index is 1.40. The maximum atomic E-state index is 12.8. The van der Waals surface area contributed by atoms with Gasteiger partial charge in [-0.05, 0) is 68.5 Å². The number of H-pyrrole nitrogens is 1. The topological polar surface area (TPSA) is 124 Å². The number of carbonyl (C=O) groups excluding carboxylic acids is 1. The predicted octanol–water partition coefficient (Wildman–Crippen LogP) is 5.50. The highest BCUT2D eigenvalue weighted by molar-refractivity contribution is 5.95. The molecule has 9 heteroatoms. The third-order valence-electron chi connectivity index (χ3n) is 6.87. The quantitative estimate of drug-likeness (QED) is 0.332. The van der Waals surface area contributed by atoms with Crippen LogP contribution in [0.1, 0.15) is 60.0 Å². The Labute approximate surface area is 214 Å². The molecule has 3 N–H and O–H groups in total. The van der Waals surface area contributed by atoms with Crippen LogP contribution in [0.2, 0.25) is 0 Å². The van der Waals surface area contributed by atoms with Gasteiger partial charge in [0.25, 0.3) is 5.91 Å². The molecule has 37 heavy (non-hydrogen) atoms. The zero-order valence-corrected chi connectivity index (χ0v) is 21.5. The first-order valence-electron chi connectivity index (χ1n) is 12.6. The van der Waals surface area contributed by atoms with Crippen LogP contribution in [0.5, 0.6) is 0 Å². The van der Waals surface area contributed by atoms with Crippen LogP contribution in [0, 0.1) is 13.8 Å². The number of nitrogens with one attached hydrogen (secondary N) is 2. The number of amides is 2. The van der Waals surface area contributed by atoms with Gasteiger partial charge in [-0.15, -0.1) is 0 Å². The molecule has 2 amide bonds. The molecule has 9 nitrogen and oxygen atoms in total. The third kappa shape index (κ3) is 4.94. The molecule has 0 saturated carbocycles. The number of nitrogens with zero attached hydrogens (tertiary/aromatic N) is 3. The Hall–Kier alpha value is -4.14. The number of hydrogen-bond acceptors (Lipinski definition) is 5. The van der Waals surface area contributed by atoms with Crippen molar-refractivity contribution >= 4 is 22.9 Å². The van der Waals surface area contributed by atoms with Crippen molar-refractivity contribution < 1.29 is 19.1 Å². The number of benzene rings is 1. The van der Waals surface area contributed by atoms with E-state index in [1.54, 1.807) is 0 Å². The summed E-state index contributed by atoms with van der Waals surface area (Å²) in [5, 5.41) is 13.1. The number of oxazole rings is 1. The minimum absolute atomic E-state index is 0.0908. The molecule has 0 atom stereocenters. The number of pyridine rings is 1. The molecule has 4 heterocycles. The van der Waals surface area contributed by atoms with Crippen LogP contribution in [0.25, 0.3) is 33.6 Å². The number of piperidine rings is 1. The molecule has 0 aliphatic carbocycles. The maximum absolute atomic E-state index is 12.8. The van der Waals surface area contributed by atoms with E-state index in [1.165, 1.54) is 16.7 Å². The molecule has 1 saturated heterocycles. The summed E-state index contributed by atoms with van der Waals surface area (Å²) < 4.78 is 5.71. The van der Waals surface area contributed by atoms with Gasteiger partial charge in [0.05, 0.1) is 5.69 Å². The van der Waals surface area contributed by atoms with Crippen molar-refractivity contribution in [3.63, 3.8) is 0 Å². The normalized spacial score (nSPS) is 14.5. The average Bonchev–Trinajstić information content (AvgIpc) is 3.49. The number of aromatic nitrogens is 3. The van der Waals surface area contributed by atoms with E-state index in [0.717, 1.165) is 39.1 Å². The van der Waals surface area contributed by atoms with Crippen LogP contribution in [0.4, 0.5) is 4.79 Å². The summed E-state index contributed by atoms with van der Waals surface area (Å²) in [6.07, 6.45) is 1.59. The summed E-state index contributed by atoms with van der Waals surface area (Å²) in [6.45, 7) is 9.16. The maximum Gasteiger partial charge on any atom is 0.407 e. The van der Waals surface area contributed by atoms with Crippen molar-refractivity contribution in [3.8, 4) is 22.7 Å². The highest BCUT2D eigenvalue weighted by Gasteiger charge is 2.25. The van der Waals surface area contributed by atoms with E-state index < -0.39 is 6.09 Å². The van der Waals surface area contributed by atoms with Crippen molar-refractivity contribution in [3.05, 3.63) is 59.2 Å². The van der Waals surface area contributed by atoms with Gasteiger partial charge in [0.15, 0.2) is 5.69 Å².